The minimum atomic E-state index is -3.11. The first kappa shape index (κ1) is 26.9. The molecule has 1 aromatic heterocycles. The summed E-state index contributed by atoms with van der Waals surface area (Å²) in [6.45, 7) is 0.521. The van der Waals surface area contributed by atoms with E-state index < -0.39 is 18.2 Å². The van der Waals surface area contributed by atoms with Gasteiger partial charge in [0.25, 0.3) is 5.92 Å². The summed E-state index contributed by atoms with van der Waals surface area (Å²) in [5.74, 6) is -3.39. The van der Waals surface area contributed by atoms with Gasteiger partial charge in [-0.05, 0) is 41.7 Å². The lowest BCUT2D eigenvalue weighted by molar-refractivity contribution is -0.138. The number of carbonyl (C=O) groups is 2. The molecule has 1 saturated heterocycles. The van der Waals surface area contributed by atoms with Crippen LogP contribution < -0.4 is 16.0 Å². The van der Waals surface area contributed by atoms with Gasteiger partial charge >= 0.3 is 0 Å². The molecule has 5 N–H and O–H groups in total. The van der Waals surface area contributed by atoms with Gasteiger partial charge in [0.1, 0.15) is 18.1 Å². The number of halogens is 2. The van der Waals surface area contributed by atoms with Gasteiger partial charge in [0.05, 0.1) is 13.1 Å². The van der Waals surface area contributed by atoms with Crippen LogP contribution >= 0.6 is 11.3 Å². The maximum absolute atomic E-state index is 14.8. The van der Waals surface area contributed by atoms with Crippen molar-refractivity contribution in [3.05, 3.63) is 81.0 Å². The molecule has 2 amide bonds. The summed E-state index contributed by atoms with van der Waals surface area (Å²) in [4.78, 5) is 28.2. The van der Waals surface area contributed by atoms with E-state index in [1.165, 1.54) is 40.5 Å². The zero-order chi connectivity index (χ0) is 27.7. The summed E-state index contributed by atoms with van der Waals surface area (Å²) in [5, 5.41) is 28.8. The van der Waals surface area contributed by atoms with Crippen LogP contribution in [0.4, 0.5) is 8.78 Å². The van der Waals surface area contributed by atoms with Gasteiger partial charge in [-0.3, -0.25) is 20.3 Å². The summed E-state index contributed by atoms with van der Waals surface area (Å²) in [6, 6.07) is 11.8. The van der Waals surface area contributed by atoms with E-state index in [0.717, 1.165) is 10.4 Å². The minimum absolute atomic E-state index is 0.0647. The van der Waals surface area contributed by atoms with Crippen molar-refractivity contribution < 1.29 is 23.5 Å². The first-order chi connectivity index (χ1) is 18.7. The van der Waals surface area contributed by atoms with E-state index in [9.17, 15) is 23.5 Å². The Morgan fingerprint density at radius 1 is 1.18 bits per heavy atom. The molecule has 39 heavy (non-hydrogen) atoms. The summed E-state index contributed by atoms with van der Waals surface area (Å²) in [7, 11) is 1.67. The van der Waals surface area contributed by atoms with Gasteiger partial charge in [0.15, 0.2) is 0 Å². The monoisotopic (exact) mass is 553 g/mol. The SMILES string of the molecule is CNC(=N)c1csc(CNC(=O)[C@@H]2CCCN2C(=O)CNC(O)c2ccc3c(c2)-c2ccccc2C3(F)F)c1. The summed E-state index contributed by atoms with van der Waals surface area (Å²) in [6.07, 6.45) is -0.0220. The fraction of sp³-hybridized carbons (Fsp3) is 0.321. The Kier molecular flexibility index (Phi) is 7.48. The Morgan fingerprint density at radius 2 is 1.95 bits per heavy atom. The maximum Gasteiger partial charge on any atom is 0.299 e. The third kappa shape index (κ3) is 5.17. The number of benzene rings is 2. The summed E-state index contributed by atoms with van der Waals surface area (Å²) in [5.41, 5.74) is 1.72. The smallest absolute Gasteiger partial charge is 0.299 e. The van der Waals surface area contributed by atoms with Crippen LogP contribution in [-0.4, -0.2) is 53.8 Å². The molecule has 1 fully saturated rings. The van der Waals surface area contributed by atoms with Crippen LogP contribution in [0.2, 0.25) is 0 Å². The summed E-state index contributed by atoms with van der Waals surface area (Å²) < 4.78 is 29.6. The highest BCUT2D eigenvalue weighted by atomic mass is 32.1. The third-order valence-corrected chi connectivity index (χ3v) is 8.14. The molecule has 2 heterocycles. The molecule has 204 valence electrons. The number of aliphatic hydroxyl groups excluding tert-OH is 1. The second kappa shape index (κ2) is 10.8. The van der Waals surface area contributed by atoms with Gasteiger partial charge < -0.3 is 20.6 Å². The molecular weight excluding hydrogens is 524 g/mol. The maximum atomic E-state index is 14.8. The number of amidine groups is 1. The van der Waals surface area contributed by atoms with E-state index in [4.69, 9.17) is 5.41 Å². The Bertz CT molecular complexity index is 1430. The second-order valence-electron chi connectivity index (χ2n) is 9.60. The summed E-state index contributed by atoms with van der Waals surface area (Å²) >= 11 is 1.44. The number of hydrogen-bond donors (Lipinski definition) is 5. The number of carbonyl (C=O) groups excluding carboxylic acids is 2. The van der Waals surface area contributed by atoms with Crippen molar-refractivity contribution in [2.45, 2.75) is 37.6 Å². The number of fused-ring (bicyclic) bond motifs is 3. The number of thiophene rings is 1. The zero-order valence-corrected chi connectivity index (χ0v) is 22.1. The number of amides is 2. The van der Waals surface area contributed by atoms with Gasteiger partial charge in [-0.2, -0.15) is 8.78 Å². The van der Waals surface area contributed by atoms with Crippen LogP contribution in [0, 0.1) is 5.41 Å². The Hall–Kier alpha value is -3.67. The van der Waals surface area contributed by atoms with Crippen molar-refractivity contribution in [1.82, 2.24) is 20.9 Å². The predicted octanol–water partition coefficient (Wildman–Crippen LogP) is 3.30. The molecule has 1 unspecified atom stereocenters. The second-order valence-corrected chi connectivity index (χ2v) is 10.6. The zero-order valence-electron chi connectivity index (χ0n) is 21.3. The van der Waals surface area contributed by atoms with Gasteiger partial charge in [-0.1, -0.05) is 36.4 Å². The first-order valence-corrected chi connectivity index (χ1v) is 13.5. The quantitative estimate of drug-likeness (QED) is 0.167. The molecule has 1 aliphatic heterocycles. The van der Waals surface area contributed by atoms with Crippen LogP contribution in [0.25, 0.3) is 11.1 Å². The molecule has 2 aromatic carbocycles. The molecule has 0 saturated carbocycles. The lowest BCUT2D eigenvalue weighted by Gasteiger charge is -2.25. The fourth-order valence-corrected chi connectivity index (χ4v) is 5.96. The lowest BCUT2D eigenvalue weighted by atomic mass is 10.0. The molecule has 0 bridgehead atoms. The van der Waals surface area contributed by atoms with Crippen molar-refractivity contribution in [1.29, 1.82) is 5.41 Å². The fourth-order valence-electron chi connectivity index (χ4n) is 5.15. The van der Waals surface area contributed by atoms with Crippen molar-refractivity contribution in [3.63, 3.8) is 0 Å². The number of nitrogens with one attached hydrogen (secondary N) is 4. The lowest BCUT2D eigenvalue weighted by Crippen LogP contribution is -2.48. The van der Waals surface area contributed by atoms with Crippen molar-refractivity contribution in [2.24, 2.45) is 0 Å². The molecule has 2 aliphatic rings. The highest BCUT2D eigenvalue weighted by Gasteiger charge is 2.44. The van der Waals surface area contributed by atoms with Crippen molar-refractivity contribution >= 4 is 29.0 Å². The first-order valence-electron chi connectivity index (χ1n) is 12.7. The highest BCUT2D eigenvalue weighted by molar-refractivity contribution is 7.10. The van der Waals surface area contributed by atoms with Crippen LogP contribution in [0.3, 0.4) is 0 Å². The normalized spacial score (nSPS) is 17.8. The third-order valence-electron chi connectivity index (χ3n) is 7.20. The Balaban J connectivity index is 1.18. The van der Waals surface area contributed by atoms with E-state index >= 15 is 0 Å². The Morgan fingerprint density at radius 3 is 2.74 bits per heavy atom. The van der Waals surface area contributed by atoms with Gasteiger partial charge in [0, 0.05) is 40.5 Å². The number of likely N-dealkylation sites (tertiary alicyclic amines) is 1. The average molecular weight is 554 g/mol. The number of rotatable bonds is 8. The van der Waals surface area contributed by atoms with Crippen molar-refractivity contribution in [2.75, 3.05) is 20.1 Å². The molecule has 0 spiro atoms. The highest BCUT2D eigenvalue weighted by Crippen LogP contribution is 2.51. The molecule has 0 radical (unpaired) electrons. The number of nitrogens with zero attached hydrogens (tertiary/aromatic N) is 1. The largest absolute Gasteiger partial charge is 0.374 e. The van der Waals surface area contributed by atoms with Crippen LogP contribution in [0.15, 0.2) is 53.9 Å². The standard InChI is InChI=1S/C28H29F2N5O3S/c1-32-25(31)17-11-18(39-15-17)13-33-27(38)23-7-4-10-35(23)24(36)14-34-26(37)16-8-9-22-20(12-16)19-5-2-3-6-21(19)28(22,29)30/h2-3,5-6,8-9,11-12,15,23,26,34,37H,4,7,10,13-14H2,1H3,(H2,31,32)(H,33,38)/t23-,26?/m0/s1. The van der Waals surface area contributed by atoms with E-state index in [1.54, 1.807) is 25.2 Å². The van der Waals surface area contributed by atoms with Gasteiger partial charge in [-0.25, -0.2) is 0 Å². The number of aliphatic hydroxyl groups is 1. The van der Waals surface area contributed by atoms with E-state index in [0.29, 0.717) is 48.5 Å². The van der Waals surface area contributed by atoms with Crippen LogP contribution in [-0.2, 0) is 22.1 Å². The molecule has 8 nitrogen and oxygen atoms in total. The van der Waals surface area contributed by atoms with Gasteiger partial charge in [0.2, 0.25) is 11.8 Å². The number of hydrogen-bond acceptors (Lipinski definition) is 6. The topological polar surface area (TPSA) is 118 Å². The van der Waals surface area contributed by atoms with E-state index in [2.05, 4.69) is 16.0 Å². The van der Waals surface area contributed by atoms with Crippen LogP contribution in [0.1, 0.15) is 46.2 Å². The molecule has 1 aliphatic carbocycles. The van der Waals surface area contributed by atoms with Crippen molar-refractivity contribution in [3.8, 4) is 11.1 Å². The molecule has 5 rings (SSSR count). The molecule has 2 atom stereocenters. The molecule has 11 heteroatoms. The predicted molar refractivity (Wildman–Crippen MR) is 145 cm³/mol. The Labute approximate surface area is 228 Å². The molecule has 3 aromatic rings. The van der Waals surface area contributed by atoms with Crippen LogP contribution in [0.5, 0.6) is 0 Å². The van der Waals surface area contributed by atoms with Gasteiger partial charge in [-0.15, -0.1) is 11.3 Å². The van der Waals surface area contributed by atoms with E-state index in [1.807, 2.05) is 11.4 Å². The molecular formula is C28H29F2N5O3S. The number of alkyl halides is 2. The van der Waals surface area contributed by atoms with E-state index in [-0.39, 0.29) is 29.5 Å². The minimum Gasteiger partial charge on any atom is -0.374 e. The average Bonchev–Trinajstić information content (AvgIpc) is 3.68.